The number of aryl methyl sites for hydroxylation is 2. The Morgan fingerprint density at radius 3 is 2.65 bits per heavy atom. The van der Waals surface area contributed by atoms with Crippen molar-refractivity contribution in [3.8, 4) is 0 Å². The Labute approximate surface area is 163 Å². The molecule has 1 amide bonds. The molecule has 10 heteroatoms. The lowest BCUT2D eigenvalue weighted by Crippen LogP contribution is -2.13. The summed E-state index contributed by atoms with van der Waals surface area (Å²) in [6.45, 7) is 3.57. The molecule has 26 heavy (non-hydrogen) atoms. The molecule has 0 bridgehead atoms. The van der Waals surface area contributed by atoms with Crippen LogP contribution in [0.4, 0.5) is 22.5 Å². The lowest BCUT2D eigenvalue weighted by Gasteiger charge is -2.09. The van der Waals surface area contributed by atoms with E-state index < -0.39 is 0 Å². The van der Waals surface area contributed by atoms with Crippen molar-refractivity contribution in [3.63, 3.8) is 0 Å². The Bertz CT molecular complexity index is 950. The number of rotatable bonds is 4. The summed E-state index contributed by atoms with van der Waals surface area (Å²) in [4.78, 5) is 25.2. The molecule has 0 radical (unpaired) electrons. The highest BCUT2D eigenvalue weighted by Gasteiger charge is 2.18. The van der Waals surface area contributed by atoms with Crippen molar-refractivity contribution < 1.29 is 4.79 Å². The van der Waals surface area contributed by atoms with Crippen molar-refractivity contribution >= 4 is 62.9 Å². The van der Waals surface area contributed by atoms with Gasteiger partial charge in [0.15, 0.2) is 5.13 Å². The molecule has 0 spiro atoms. The van der Waals surface area contributed by atoms with E-state index in [1.807, 2.05) is 19.1 Å². The zero-order chi connectivity index (χ0) is 18.8. The van der Waals surface area contributed by atoms with E-state index in [4.69, 9.17) is 28.9 Å². The van der Waals surface area contributed by atoms with Gasteiger partial charge in [-0.2, -0.15) is 0 Å². The fraction of sp³-hybridized carbons (Fsp3) is 0.125. The summed E-state index contributed by atoms with van der Waals surface area (Å²) in [6.07, 6.45) is 0. The third kappa shape index (κ3) is 4.04. The topological polar surface area (TPSA) is 106 Å². The van der Waals surface area contributed by atoms with Gasteiger partial charge in [-0.25, -0.2) is 15.0 Å². The molecular weight excluding hydrogens is 395 g/mol. The minimum Gasteiger partial charge on any atom is -0.382 e. The van der Waals surface area contributed by atoms with Crippen LogP contribution in [0.25, 0.3) is 0 Å². The van der Waals surface area contributed by atoms with Crippen LogP contribution in [-0.4, -0.2) is 20.9 Å². The van der Waals surface area contributed by atoms with Crippen molar-refractivity contribution in [3.05, 3.63) is 50.7 Å². The van der Waals surface area contributed by atoms with Crippen molar-refractivity contribution in [2.75, 3.05) is 16.4 Å². The molecule has 2 heterocycles. The Balaban J connectivity index is 1.82. The summed E-state index contributed by atoms with van der Waals surface area (Å²) in [5, 5.41) is 6.92. The molecule has 3 aromatic rings. The number of hydrogen-bond acceptors (Lipinski definition) is 7. The van der Waals surface area contributed by atoms with E-state index in [1.165, 1.54) is 0 Å². The smallest absolute Gasteiger partial charge is 0.269 e. The monoisotopic (exact) mass is 408 g/mol. The number of carbonyl (C=O) groups excluding carboxylic acids is 1. The fourth-order valence-electron chi connectivity index (χ4n) is 2.21. The van der Waals surface area contributed by atoms with Gasteiger partial charge in [0.05, 0.1) is 10.7 Å². The van der Waals surface area contributed by atoms with Crippen LogP contribution in [0.1, 0.15) is 21.1 Å². The molecule has 0 aliphatic carbocycles. The van der Waals surface area contributed by atoms with Crippen LogP contribution in [-0.2, 0) is 0 Å². The Morgan fingerprint density at radius 1 is 1.19 bits per heavy atom. The van der Waals surface area contributed by atoms with Crippen molar-refractivity contribution in [1.29, 1.82) is 0 Å². The van der Waals surface area contributed by atoms with Gasteiger partial charge in [0.1, 0.15) is 27.5 Å². The maximum absolute atomic E-state index is 12.6. The zero-order valence-electron chi connectivity index (χ0n) is 13.8. The third-order valence-corrected chi connectivity index (χ3v) is 4.86. The van der Waals surface area contributed by atoms with Crippen molar-refractivity contribution in [1.82, 2.24) is 15.0 Å². The zero-order valence-corrected chi connectivity index (χ0v) is 16.1. The highest BCUT2D eigenvalue weighted by Crippen LogP contribution is 2.30. The minimum atomic E-state index is -0.388. The first-order chi connectivity index (χ1) is 12.3. The molecule has 0 fully saturated rings. The van der Waals surface area contributed by atoms with Gasteiger partial charge in [-0.1, -0.05) is 46.7 Å². The first kappa shape index (κ1) is 18.4. The molecule has 3 rings (SSSR count). The average molecular weight is 409 g/mol. The second-order valence-electron chi connectivity index (χ2n) is 5.37. The number of nitrogen functional groups attached to an aromatic ring is 1. The molecule has 0 aliphatic heterocycles. The third-order valence-electron chi connectivity index (χ3n) is 3.36. The van der Waals surface area contributed by atoms with Crippen LogP contribution in [0.15, 0.2) is 24.3 Å². The summed E-state index contributed by atoms with van der Waals surface area (Å²) in [7, 11) is 0. The largest absolute Gasteiger partial charge is 0.382 e. The number of hydrogen-bond donors (Lipinski definition) is 3. The van der Waals surface area contributed by atoms with Crippen LogP contribution >= 0.6 is 34.5 Å². The van der Waals surface area contributed by atoms with Crippen LogP contribution in [0.5, 0.6) is 0 Å². The molecule has 0 unspecified atom stereocenters. The summed E-state index contributed by atoms with van der Waals surface area (Å²) in [6, 6.07) is 6.92. The van der Waals surface area contributed by atoms with Crippen LogP contribution in [0.2, 0.25) is 10.2 Å². The number of halogens is 2. The van der Waals surface area contributed by atoms with E-state index >= 15 is 0 Å². The van der Waals surface area contributed by atoms with Crippen molar-refractivity contribution in [2.24, 2.45) is 0 Å². The van der Waals surface area contributed by atoms with Gasteiger partial charge in [-0.3, -0.25) is 4.79 Å². The summed E-state index contributed by atoms with van der Waals surface area (Å²) in [5.74, 6) is 0.694. The van der Waals surface area contributed by atoms with Gasteiger partial charge in [-0.05, 0) is 25.5 Å². The summed E-state index contributed by atoms with van der Waals surface area (Å²) >= 11 is 13.2. The Kier molecular flexibility index (Phi) is 5.26. The normalized spacial score (nSPS) is 10.6. The lowest BCUT2D eigenvalue weighted by molar-refractivity contribution is 0.103. The van der Waals surface area contributed by atoms with E-state index in [2.05, 4.69) is 25.6 Å². The predicted molar refractivity (Wildman–Crippen MR) is 106 cm³/mol. The number of benzene rings is 1. The number of para-hydroxylation sites is 1. The quantitative estimate of drug-likeness (QED) is 0.551. The molecule has 2 aromatic heterocycles. The number of nitrogens with zero attached hydrogens (tertiary/aromatic N) is 3. The number of carbonyl (C=O) groups is 1. The lowest BCUT2D eigenvalue weighted by atomic mass is 10.2. The standard InChI is InChI=1S/C16H14Cl2N6OS/c1-7-4-3-5-9(17)12(7)23-15(25)13-14(19)24-16(26-13)22-11-6-10(18)20-8(2)21-11/h3-6H,19H2,1-2H3,(H,23,25)(H,20,21,22,24). The van der Waals surface area contributed by atoms with Gasteiger partial charge >= 0.3 is 0 Å². The number of amides is 1. The summed E-state index contributed by atoms with van der Waals surface area (Å²) < 4.78 is 0. The fourth-order valence-corrected chi connectivity index (χ4v) is 3.50. The first-order valence-corrected chi connectivity index (χ1v) is 9.01. The maximum Gasteiger partial charge on any atom is 0.269 e. The van der Waals surface area contributed by atoms with Gasteiger partial charge in [0.2, 0.25) is 0 Å². The SMILES string of the molecule is Cc1nc(Cl)cc(Nc2nc(N)c(C(=O)Nc3c(C)cccc3Cl)s2)n1. The molecule has 4 N–H and O–H groups in total. The van der Waals surface area contributed by atoms with Gasteiger partial charge in [0.25, 0.3) is 5.91 Å². The number of thiazole rings is 1. The Morgan fingerprint density at radius 2 is 1.96 bits per heavy atom. The number of aromatic nitrogens is 3. The molecule has 0 aliphatic rings. The van der Waals surface area contributed by atoms with Crippen LogP contribution < -0.4 is 16.4 Å². The van der Waals surface area contributed by atoms with E-state index in [-0.39, 0.29) is 16.6 Å². The average Bonchev–Trinajstić information content (AvgIpc) is 2.90. The molecule has 7 nitrogen and oxygen atoms in total. The first-order valence-electron chi connectivity index (χ1n) is 7.44. The van der Waals surface area contributed by atoms with Crippen LogP contribution in [0, 0.1) is 13.8 Å². The molecule has 134 valence electrons. The molecular formula is C16H14Cl2N6OS. The minimum absolute atomic E-state index is 0.108. The van der Waals surface area contributed by atoms with Gasteiger partial charge in [-0.15, -0.1) is 0 Å². The molecule has 1 aromatic carbocycles. The number of nitrogens with two attached hydrogens (primary N) is 1. The van der Waals surface area contributed by atoms with Gasteiger partial charge < -0.3 is 16.4 Å². The maximum atomic E-state index is 12.6. The molecule has 0 saturated heterocycles. The Hall–Kier alpha value is -2.42. The number of anilines is 4. The van der Waals surface area contributed by atoms with Crippen LogP contribution in [0.3, 0.4) is 0 Å². The highest BCUT2D eigenvalue weighted by molar-refractivity contribution is 7.18. The van der Waals surface area contributed by atoms with E-state index in [1.54, 1.807) is 19.1 Å². The second-order valence-corrected chi connectivity index (χ2v) is 7.16. The van der Waals surface area contributed by atoms with Crippen molar-refractivity contribution in [2.45, 2.75) is 13.8 Å². The van der Waals surface area contributed by atoms with E-state index in [0.717, 1.165) is 16.9 Å². The van der Waals surface area contributed by atoms with E-state index in [0.29, 0.717) is 32.6 Å². The van der Waals surface area contributed by atoms with E-state index in [9.17, 15) is 4.79 Å². The predicted octanol–water partition coefficient (Wildman–Crippen LogP) is 4.43. The molecule has 0 saturated carbocycles. The molecule has 0 atom stereocenters. The summed E-state index contributed by atoms with van der Waals surface area (Å²) in [5.41, 5.74) is 7.28. The number of nitrogens with one attached hydrogen (secondary N) is 2. The second kappa shape index (κ2) is 7.45. The highest BCUT2D eigenvalue weighted by atomic mass is 35.5. The van der Waals surface area contributed by atoms with Gasteiger partial charge in [0, 0.05) is 6.07 Å².